The minimum atomic E-state index is -0.387. The Kier molecular flexibility index (Phi) is 5.88. The number of amides is 3. The second-order valence-corrected chi connectivity index (χ2v) is 6.27. The summed E-state index contributed by atoms with van der Waals surface area (Å²) in [7, 11) is 4.66. The van der Waals surface area contributed by atoms with Crippen LogP contribution in [0.3, 0.4) is 0 Å². The number of anilines is 2. The average Bonchev–Trinajstić information content (AvgIpc) is 3.07. The van der Waals surface area contributed by atoms with E-state index in [1.54, 1.807) is 49.5 Å². The fourth-order valence-corrected chi connectivity index (χ4v) is 3.08. The quantitative estimate of drug-likeness (QED) is 0.798. The van der Waals surface area contributed by atoms with Crippen molar-refractivity contribution in [2.45, 2.75) is 12.5 Å². The van der Waals surface area contributed by atoms with Crippen molar-refractivity contribution >= 4 is 23.3 Å². The Bertz CT molecular complexity index is 853. The molecular formula is C20H23N3O5. The topological polar surface area (TPSA) is 89.1 Å². The summed E-state index contributed by atoms with van der Waals surface area (Å²) in [6.07, 6.45) is 0.241. The summed E-state index contributed by atoms with van der Waals surface area (Å²) in [6.45, 7) is 0.407. The normalized spacial score (nSPS) is 15.9. The van der Waals surface area contributed by atoms with Crippen LogP contribution in [0.4, 0.5) is 16.2 Å². The van der Waals surface area contributed by atoms with E-state index in [-0.39, 0.29) is 24.4 Å². The second-order valence-electron chi connectivity index (χ2n) is 6.27. The molecule has 3 amide bonds. The van der Waals surface area contributed by atoms with Gasteiger partial charge >= 0.3 is 6.03 Å². The third-order valence-electron chi connectivity index (χ3n) is 4.49. The fraction of sp³-hybridized carbons (Fsp3) is 0.300. The molecule has 0 aliphatic carbocycles. The van der Waals surface area contributed by atoms with Crippen molar-refractivity contribution in [1.29, 1.82) is 0 Å². The van der Waals surface area contributed by atoms with Crippen molar-refractivity contribution in [3.8, 4) is 17.2 Å². The van der Waals surface area contributed by atoms with Crippen LogP contribution in [0.25, 0.3) is 0 Å². The van der Waals surface area contributed by atoms with Gasteiger partial charge in [-0.15, -0.1) is 0 Å². The van der Waals surface area contributed by atoms with Gasteiger partial charge in [-0.25, -0.2) is 4.79 Å². The number of ether oxygens (including phenoxy) is 3. The predicted molar refractivity (Wildman–Crippen MR) is 105 cm³/mol. The van der Waals surface area contributed by atoms with Crippen molar-refractivity contribution in [2.24, 2.45) is 0 Å². The van der Waals surface area contributed by atoms with Crippen LogP contribution in [0.2, 0.25) is 0 Å². The van der Waals surface area contributed by atoms with E-state index in [4.69, 9.17) is 14.2 Å². The maximum absolute atomic E-state index is 12.3. The average molecular weight is 385 g/mol. The fourth-order valence-electron chi connectivity index (χ4n) is 3.08. The van der Waals surface area contributed by atoms with E-state index in [0.717, 1.165) is 11.4 Å². The monoisotopic (exact) mass is 385 g/mol. The highest BCUT2D eigenvalue weighted by Gasteiger charge is 2.31. The molecule has 0 aromatic heterocycles. The summed E-state index contributed by atoms with van der Waals surface area (Å²) in [4.78, 5) is 26.3. The molecule has 0 spiro atoms. The second kappa shape index (κ2) is 8.51. The molecule has 1 heterocycles. The number of carbonyl (C=O) groups is 2. The van der Waals surface area contributed by atoms with Crippen LogP contribution < -0.4 is 29.7 Å². The van der Waals surface area contributed by atoms with E-state index < -0.39 is 0 Å². The zero-order chi connectivity index (χ0) is 20.1. The van der Waals surface area contributed by atoms with Gasteiger partial charge in [0.05, 0.1) is 27.4 Å². The summed E-state index contributed by atoms with van der Waals surface area (Å²) < 4.78 is 15.5. The van der Waals surface area contributed by atoms with Gasteiger partial charge in [-0.05, 0) is 36.4 Å². The van der Waals surface area contributed by atoms with Gasteiger partial charge in [0, 0.05) is 30.4 Å². The third kappa shape index (κ3) is 4.28. The molecule has 0 saturated carbocycles. The van der Waals surface area contributed by atoms with Gasteiger partial charge < -0.3 is 29.7 Å². The Morgan fingerprint density at radius 2 is 1.71 bits per heavy atom. The van der Waals surface area contributed by atoms with E-state index in [9.17, 15) is 9.59 Å². The van der Waals surface area contributed by atoms with Gasteiger partial charge in [-0.2, -0.15) is 0 Å². The van der Waals surface area contributed by atoms with Crippen molar-refractivity contribution < 1.29 is 23.8 Å². The molecule has 1 aliphatic heterocycles. The van der Waals surface area contributed by atoms with Crippen LogP contribution in [0.1, 0.15) is 6.42 Å². The summed E-state index contributed by atoms with van der Waals surface area (Å²) in [5.41, 5.74) is 1.34. The molecule has 1 aliphatic rings. The molecule has 2 aromatic carbocycles. The summed E-state index contributed by atoms with van der Waals surface area (Å²) in [5.74, 6) is 1.77. The van der Waals surface area contributed by atoms with E-state index in [0.29, 0.717) is 23.7 Å². The molecule has 0 bridgehead atoms. The number of methoxy groups -OCH3 is 3. The van der Waals surface area contributed by atoms with E-state index in [1.165, 1.54) is 7.11 Å². The predicted octanol–water partition coefficient (Wildman–Crippen LogP) is 2.64. The van der Waals surface area contributed by atoms with Crippen molar-refractivity contribution in [1.82, 2.24) is 5.32 Å². The maximum Gasteiger partial charge on any atom is 0.319 e. The lowest BCUT2D eigenvalue weighted by molar-refractivity contribution is -0.117. The molecule has 1 fully saturated rings. The van der Waals surface area contributed by atoms with Gasteiger partial charge in [0.2, 0.25) is 5.91 Å². The zero-order valence-electron chi connectivity index (χ0n) is 16.0. The molecule has 148 valence electrons. The molecule has 2 aromatic rings. The first-order chi connectivity index (χ1) is 13.5. The molecule has 2 N–H and O–H groups in total. The van der Waals surface area contributed by atoms with Crippen molar-refractivity contribution in [3.05, 3.63) is 42.5 Å². The Morgan fingerprint density at radius 3 is 2.36 bits per heavy atom. The largest absolute Gasteiger partial charge is 0.497 e. The van der Waals surface area contributed by atoms with Crippen LogP contribution in [0.15, 0.2) is 42.5 Å². The summed E-state index contributed by atoms with van der Waals surface area (Å²) in [5, 5.41) is 5.58. The van der Waals surface area contributed by atoms with Crippen LogP contribution in [-0.2, 0) is 4.79 Å². The van der Waals surface area contributed by atoms with E-state index in [2.05, 4.69) is 10.6 Å². The zero-order valence-corrected chi connectivity index (χ0v) is 16.0. The molecule has 1 saturated heterocycles. The van der Waals surface area contributed by atoms with Crippen LogP contribution in [0.5, 0.6) is 17.2 Å². The van der Waals surface area contributed by atoms with Gasteiger partial charge in [-0.3, -0.25) is 4.79 Å². The molecular weight excluding hydrogens is 362 g/mol. The first kappa shape index (κ1) is 19.3. The van der Waals surface area contributed by atoms with Crippen LogP contribution in [-0.4, -0.2) is 45.9 Å². The minimum absolute atomic E-state index is 0.0402. The van der Waals surface area contributed by atoms with Crippen LogP contribution in [0, 0.1) is 0 Å². The smallest absolute Gasteiger partial charge is 0.319 e. The highest BCUT2D eigenvalue weighted by molar-refractivity contribution is 5.97. The number of hydrogen-bond donors (Lipinski definition) is 2. The van der Waals surface area contributed by atoms with Gasteiger partial charge in [0.15, 0.2) is 11.5 Å². The Morgan fingerprint density at radius 1 is 1.00 bits per heavy atom. The number of hydrogen-bond acceptors (Lipinski definition) is 5. The Balaban J connectivity index is 1.59. The highest BCUT2D eigenvalue weighted by Crippen LogP contribution is 2.30. The van der Waals surface area contributed by atoms with E-state index in [1.807, 2.05) is 12.1 Å². The van der Waals surface area contributed by atoms with Gasteiger partial charge in [0.25, 0.3) is 0 Å². The molecule has 1 atom stereocenters. The lowest BCUT2D eigenvalue weighted by Crippen LogP contribution is -2.39. The molecule has 0 radical (unpaired) electrons. The Labute approximate surface area is 163 Å². The van der Waals surface area contributed by atoms with Gasteiger partial charge in [0.1, 0.15) is 5.75 Å². The molecule has 3 rings (SSSR count). The number of rotatable bonds is 6. The summed E-state index contributed by atoms with van der Waals surface area (Å²) in [6, 6.07) is 11.7. The van der Waals surface area contributed by atoms with Crippen molar-refractivity contribution in [2.75, 3.05) is 38.1 Å². The number of nitrogens with one attached hydrogen (secondary N) is 2. The standard InChI is InChI=1S/C20H23N3O5/c1-26-16-7-5-15(6-8-16)23-12-14(11-19(23)24)22-20(25)21-13-4-9-17(27-2)18(10-13)28-3/h4-10,14H,11-12H2,1-3H3,(H2,21,22,25)/t14-/m0/s1. The SMILES string of the molecule is COc1ccc(N2C[C@@H](NC(=O)Nc3ccc(OC)c(OC)c3)CC2=O)cc1. The number of benzene rings is 2. The van der Waals surface area contributed by atoms with Gasteiger partial charge in [-0.1, -0.05) is 0 Å². The Hall–Kier alpha value is -3.42. The van der Waals surface area contributed by atoms with Crippen LogP contribution >= 0.6 is 0 Å². The van der Waals surface area contributed by atoms with E-state index >= 15 is 0 Å². The molecule has 8 heteroatoms. The van der Waals surface area contributed by atoms with Crippen molar-refractivity contribution in [3.63, 3.8) is 0 Å². The minimum Gasteiger partial charge on any atom is -0.497 e. The highest BCUT2D eigenvalue weighted by atomic mass is 16.5. The number of carbonyl (C=O) groups excluding carboxylic acids is 2. The molecule has 8 nitrogen and oxygen atoms in total. The lowest BCUT2D eigenvalue weighted by Gasteiger charge is -2.18. The first-order valence-electron chi connectivity index (χ1n) is 8.78. The number of nitrogens with zero attached hydrogens (tertiary/aromatic N) is 1. The third-order valence-corrected chi connectivity index (χ3v) is 4.49. The summed E-state index contributed by atoms with van der Waals surface area (Å²) >= 11 is 0. The molecule has 28 heavy (non-hydrogen) atoms. The number of urea groups is 1. The molecule has 0 unspecified atom stereocenters. The maximum atomic E-state index is 12.3. The lowest BCUT2D eigenvalue weighted by atomic mass is 10.2. The first-order valence-corrected chi connectivity index (χ1v) is 8.78.